The largest absolute Gasteiger partial charge is 0.497 e. The second-order valence-corrected chi connectivity index (χ2v) is 7.79. The van der Waals surface area contributed by atoms with Gasteiger partial charge in [0.2, 0.25) is 0 Å². The standard InChI is InChI=1S/C23H18ClNO3S/c1-27-18-11-12-20-19(13-18)21(24)22(29-20)23(26)25-16-7-9-17(10-8-16)28-14-15-5-3-2-4-6-15/h2-13H,14H2,1H3,(H,25,26). The van der Waals surface area contributed by atoms with Crippen LogP contribution in [0.2, 0.25) is 5.02 Å². The van der Waals surface area contributed by atoms with Crippen LogP contribution in [0.25, 0.3) is 10.1 Å². The Balaban J connectivity index is 1.44. The summed E-state index contributed by atoms with van der Waals surface area (Å²) in [5.41, 5.74) is 1.77. The summed E-state index contributed by atoms with van der Waals surface area (Å²) in [5, 5.41) is 4.14. The van der Waals surface area contributed by atoms with Crippen LogP contribution in [0.15, 0.2) is 72.8 Å². The van der Waals surface area contributed by atoms with Gasteiger partial charge in [-0.3, -0.25) is 4.79 Å². The summed E-state index contributed by atoms with van der Waals surface area (Å²) in [7, 11) is 1.60. The number of amides is 1. The van der Waals surface area contributed by atoms with Crippen molar-refractivity contribution in [2.45, 2.75) is 6.61 Å². The van der Waals surface area contributed by atoms with Gasteiger partial charge in [-0.2, -0.15) is 0 Å². The van der Waals surface area contributed by atoms with Gasteiger partial charge >= 0.3 is 0 Å². The van der Waals surface area contributed by atoms with E-state index in [1.54, 1.807) is 7.11 Å². The number of fused-ring (bicyclic) bond motifs is 1. The van der Waals surface area contributed by atoms with E-state index >= 15 is 0 Å². The summed E-state index contributed by atoms with van der Waals surface area (Å²) < 4.78 is 11.9. The molecule has 0 saturated carbocycles. The molecule has 6 heteroatoms. The molecule has 0 atom stereocenters. The van der Waals surface area contributed by atoms with Crippen molar-refractivity contribution in [3.63, 3.8) is 0 Å². The van der Waals surface area contributed by atoms with Crippen molar-refractivity contribution in [1.29, 1.82) is 0 Å². The van der Waals surface area contributed by atoms with Crippen molar-refractivity contribution < 1.29 is 14.3 Å². The summed E-state index contributed by atoms with van der Waals surface area (Å²) >= 11 is 7.80. The highest BCUT2D eigenvalue weighted by Crippen LogP contribution is 2.37. The lowest BCUT2D eigenvalue weighted by Crippen LogP contribution is -2.10. The molecule has 0 aliphatic heterocycles. The molecule has 0 bridgehead atoms. The van der Waals surface area contributed by atoms with Gasteiger partial charge in [-0.25, -0.2) is 0 Å². The van der Waals surface area contributed by atoms with Gasteiger partial charge < -0.3 is 14.8 Å². The number of thiophene rings is 1. The number of anilines is 1. The zero-order valence-electron chi connectivity index (χ0n) is 15.6. The Morgan fingerprint density at radius 2 is 1.72 bits per heavy atom. The number of benzene rings is 3. The van der Waals surface area contributed by atoms with Crippen molar-refractivity contribution in [3.8, 4) is 11.5 Å². The fraction of sp³-hybridized carbons (Fsp3) is 0.0870. The molecule has 0 radical (unpaired) electrons. The molecule has 4 rings (SSSR count). The zero-order chi connectivity index (χ0) is 20.2. The third-order valence-corrected chi connectivity index (χ3v) is 6.08. The van der Waals surface area contributed by atoms with Gasteiger partial charge in [-0.15, -0.1) is 11.3 Å². The Morgan fingerprint density at radius 1 is 1.00 bits per heavy atom. The first-order valence-corrected chi connectivity index (χ1v) is 10.2. The Morgan fingerprint density at radius 3 is 2.45 bits per heavy atom. The van der Waals surface area contributed by atoms with E-state index in [2.05, 4.69) is 5.32 Å². The SMILES string of the molecule is COc1ccc2sc(C(=O)Nc3ccc(OCc4ccccc4)cc3)c(Cl)c2c1. The van der Waals surface area contributed by atoms with E-state index in [-0.39, 0.29) is 5.91 Å². The van der Waals surface area contributed by atoms with Crippen LogP contribution >= 0.6 is 22.9 Å². The van der Waals surface area contributed by atoms with Crippen molar-refractivity contribution in [3.05, 3.63) is 88.3 Å². The summed E-state index contributed by atoms with van der Waals surface area (Å²) in [4.78, 5) is 13.2. The molecule has 1 N–H and O–H groups in total. The van der Waals surface area contributed by atoms with E-state index in [4.69, 9.17) is 21.1 Å². The predicted molar refractivity (Wildman–Crippen MR) is 119 cm³/mol. The van der Waals surface area contributed by atoms with Crippen LogP contribution in [-0.4, -0.2) is 13.0 Å². The maximum atomic E-state index is 12.7. The third kappa shape index (κ3) is 4.36. The van der Waals surface area contributed by atoms with Crippen molar-refractivity contribution in [1.82, 2.24) is 0 Å². The Kier molecular flexibility index (Phi) is 5.69. The first-order valence-electron chi connectivity index (χ1n) is 8.98. The molecule has 0 aliphatic carbocycles. The quantitative estimate of drug-likeness (QED) is 0.390. The maximum absolute atomic E-state index is 12.7. The predicted octanol–water partition coefficient (Wildman–Crippen LogP) is 6.39. The van der Waals surface area contributed by atoms with Gasteiger partial charge in [-0.05, 0) is 48.0 Å². The fourth-order valence-corrected chi connectivity index (χ4v) is 4.27. The molecule has 1 aromatic heterocycles. The molecule has 0 fully saturated rings. The Bertz CT molecular complexity index is 1140. The summed E-state index contributed by atoms with van der Waals surface area (Å²) in [5.74, 6) is 1.20. The lowest BCUT2D eigenvalue weighted by atomic mass is 10.2. The fourth-order valence-electron chi connectivity index (χ4n) is 2.88. The number of ether oxygens (including phenoxy) is 2. The highest BCUT2D eigenvalue weighted by atomic mass is 35.5. The normalized spacial score (nSPS) is 10.7. The van der Waals surface area contributed by atoms with Crippen molar-refractivity contribution >= 4 is 44.6 Å². The lowest BCUT2D eigenvalue weighted by molar-refractivity contribution is 0.103. The lowest BCUT2D eigenvalue weighted by Gasteiger charge is -2.08. The van der Waals surface area contributed by atoms with Gasteiger partial charge in [-0.1, -0.05) is 41.9 Å². The number of hydrogen-bond acceptors (Lipinski definition) is 4. The zero-order valence-corrected chi connectivity index (χ0v) is 17.2. The highest BCUT2D eigenvalue weighted by Gasteiger charge is 2.18. The molecule has 1 heterocycles. The average molecular weight is 424 g/mol. The first-order chi connectivity index (χ1) is 14.1. The summed E-state index contributed by atoms with van der Waals surface area (Å²) in [6.45, 7) is 0.493. The molecular formula is C23H18ClNO3S. The molecule has 146 valence electrons. The number of rotatable bonds is 6. The molecule has 0 spiro atoms. The van der Waals surface area contributed by atoms with Gasteiger partial charge in [0.15, 0.2) is 0 Å². The number of nitrogens with one attached hydrogen (secondary N) is 1. The average Bonchev–Trinajstić information content (AvgIpc) is 3.10. The number of halogens is 1. The van der Waals surface area contributed by atoms with E-state index in [0.29, 0.717) is 27.9 Å². The molecule has 0 aliphatic rings. The topological polar surface area (TPSA) is 47.6 Å². The Labute approximate surface area is 177 Å². The third-order valence-electron chi connectivity index (χ3n) is 4.40. The van der Waals surface area contributed by atoms with E-state index in [0.717, 1.165) is 21.4 Å². The van der Waals surface area contributed by atoms with E-state index in [1.165, 1.54) is 11.3 Å². The van der Waals surface area contributed by atoms with Gasteiger partial charge in [0.1, 0.15) is 23.0 Å². The first kappa shape index (κ1) is 19.3. The van der Waals surface area contributed by atoms with Gasteiger partial charge in [0.05, 0.1) is 12.1 Å². The van der Waals surface area contributed by atoms with Crippen molar-refractivity contribution in [2.24, 2.45) is 0 Å². The number of methoxy groups -OCH3 is 1. The van der Waals surface area contributed by atoms with Gasteiger partial charge in [0, 0.05) is 15.8 Å². The molecule has 0 unspecified atom stereocenters. The van der Waals surface area contributed by atoms with Crippen LogP contribution in [-0.2, 0) is 6.61 Å². The molecule has 0 saturated heterocycles. The van der Waals surface area contributed by atoms with Crippen LogP contribution in [0, 0.1) is 0 Å². The maximum Gasteiger partial charge on any atom is 0.267 e. The number of carbonyl (C=O) groups is 1. The van der Waals surface area contributed by atoms with Crippen LogP contribution in [0.5, 0.6) is 11.5 Å². The van der Waals surface area contributed by atoms with E-state index in [1.807, 2.05) is 72.8 Å². The van der Waals surface area contributed by atoms with Crippen LogP contribution in [0.4, 0.5) is 5.69 Å². The minimum Gasteiger partial charge on any atom is -0.497 e. The second-order valence-electron chi connectivity index (χ2n) is 6.36. The van der Waals surface area contributed by atoms with Crippen molar-refractivity contribution in [2.75, 3.05) is 12.4 Å². The molecule has 4 aromatic rings. The number of hydrogen-bond donors (Lipinski definition) is 1. The van der Waals surface area contributed by atoms with E-state index in [9.17, 15) is 4.79 Å². The Hall–Kier alpha value is -3.02. The molecule has 29 heavy (non-hydrogen) atoms. The molecule has 1 amide bonds. The summed E-state index contributed by atoms with van der Waals surface area (Å²) in [6.07, 6.45) is 0. The smallest absolute Gasteiger partial charge is 0.267 e. The van der Waals surface area contributed by atoms with Crippen LogP contribution in [0.3, 0.4) is 0 Å². The van der Waals surface area contributed by atoms with Gasteiger partial charge in [0.25, 0.3) is 5.91 Å². The monoisotopic (exact) mass is 423 g/mol. The second kappa shape index (κ2) is 8.55. The highest BCUT2D eigenvalue weighted by molar-refractivity contribution is 7.21. The summed E-state index contributed by atoms with van der Waals surface area (Å²) in [6, 6.07) is 22.8. The van der Waals surface area contributed by atoms with E-state index < -0.39 is 0 Å². The molecule has 4 nitrogen and oxygen atoms in total. The van der Waals surface area contributed by atoms with Crippen LogP contribution < -0.4 is 14.8 Å². The number of carbonyl (C=O) groups excluding carboxylic acids is 1. The van der Waals surface area contributed by atoms with Crippen LogP contribution in [0.1, 0.15) is 15.2 Å². The molecule has 3 aromatic carbocycles. The minimum atomic E-state index is -0.242. The minimum absolute atomic E-state index is 0.242. The molecular weight excluding hydrogens is 406 g/mol.